The zero-order valence-corrected chi connectivity index (χ0v) is 22.3. The average molecular weight is 497 g/mol. The molecule has 3 aliphatic rings. The van der Waals surface area contributed by atoms with Gasteiger partial charge in [0.15, 0.2) is 5.58 Å². The van der Waals surface area contributed by atoms with Crippen LogP contribution in [0.15, 0.2) is 16.5 Å². The summed E-state index contributed by atoms with van der Waals surface area (Å²) < 4.78 is 7.86. The highest BCUT2D eigenvalue weighted by atomic mass is 16.3. The fraction of sp³-hybridized carbons (Fsp3) is 0.724. The first-order valence-corrected chi connectivity index (χ1v) is 14.4. The summed E-state index contributed by atoms with van der Waals surface area (Å²) in [5.41, 5.74) is 1.34. The summed E-state index contributed by atoms with van der Waals surface area (Å²) in [5.74, 6) is 0.753. The third kappa shape index (κ3) is 5.22. The maximum Gasteiger partial charge on any atom is 0.271 e. The lowest BCUT2D eigenvalue weighted by molar-refractivity contribution is -0.133. The highest BCUT2D eigenvalue weighted by molar-refractivity contribution is 6.03. The summed E-state index contributed by atoms with van der Waals surface area (Å²) in [6.45, 7) is 8.21. The number of fused-ring (bicyclic) bond motifs is 3. The number of carbonyl (C=O) groups is 2. The minimum absolute atomic E-state index is 0.0103. The maximum absolute atomic E-state index is 14.0. The molecule has 7 heteroatoms. The Hall–Kier alpha value is -2.28. The van der Waals surface area contributed by atoms with E-state index in [-0.39, 0.29) is 17.9 Å². The number of furan rings is 1. The zero-order valence-electron chi connectivity index (χ0n) is 22.3. The van der Waals surface area contributed by atoms with E-state index in [0.717, 1.165) is 68.6 Å². The molecule has 0 radical (unpaired) electrons. The van der Waals surface area contributed by atoms with Crippen LogP contribution in [0.25, 0.3) is 11.1 Å². The lowest BCUT2D eigenvalue weighted by atomic mass is 9.92. The van der Waals surface area contributed by atoms with Gasteiger partial charge in [-0.05, 0) is 65.6 Å². The molecule has 0 spiro atoms. The molecule has 198 valence electrons. The van der Waals surface area contributed by atoms with Crippen molar-refractivity contribution in [3.63, 3.8) is 0 Å². The van der Waals surface area contributed by atoms with Crippen molar-refractivity contribution in [1.82, 2.24) is 19.7 Å². The van der Waals surface area contributed by atoms with Crippen LogP contribution in [0.5, 0.6) is 0 Å². The highest BCUT2D eigenvalue weighted by Crippen LogP contribution is 2.34. The molecule has 5 rings (SSSR count). The predicted octanol–water partition coefficient (Wildman–Crippen LogP) is 5.25. The molecule has 4 heterocycles. The monoisotopic (exact) mass is 496 g/mol. The second-order valence-electron chi connectivity index (χ2n) is 11.6. The molecule has 7 nitrogen and oxygen atoms in total. The van der Waals surface area contributed by atoms with Crippen LogP contribution in [-0.4, -0.2) is 63.9 Å². The summed E-state index contributed by atoms with van der Waals surface area (Å²) in [5, 5.41) is 3.39. The predicted molar refractivity (Wildman–Crippen MR) is 142 cm³/mol. The third-order valence-corrected chi connectivity index (χ3v) is 8.72. The van der Waals surface area contributed by atoms with E-state index < -0.39 is 5.54 Å². The van der Waals surface area contributed by atoms with Gasteiger partial charge in [-0.1, -0.05) is 44.9 Å². The van der Waals surface area contributed by atoms with Gasteiger partial charge in [0.1, 0.15) is 17.0 Å². The van der Waals surface area contributed by atoms with Crippen molar-refractivity contribution in [2.75, 3.05) is 26.2 Å². The van der Waals surface area contributed by atoms with E-state index in [4.69, 9.17) is 4.42 Å². The Morgan fingerprint density at radius 1 is 1.00 bits per heavy atom. The molecular weight excluding hydrogens is 452 g/mol. The van der Waals surface area contributed by atoms with Crippen molar-refractivity contribution in [3.05, 3.63) is 23.6 Å². The van der Waals surface area contributed by atoms with Crippen molar-refractivity contribution in [3.8, 4) is 0 Å². The smallest absolute Gasteiger partial charge is 0.271 e. The number of aryl methyl sites for hydroxylation is 1. The first-order chi connectivity index (χ1) is 17.5. The Labute approximate surface area is 215 Å². The lowest BCUT2D eigenvalue weighted by Crippen LogP contribution is -2.65. The number of nitrogens with zero attached hydrogens (tertiary/aromatic N) is 3. The Kier molecular flexibility index (Phi) is 7.75. The Morgan fingerprint density at radius 2 is 1.67 bits per heavy atom. The molecule has 36 heavy (non-hydrogen) atoms. The summed E-state index contributed by atoms with van der Waals surface area (Å²) in [7, 11) is 0. The molecule has 2 aliphatic heterocycles. The maximum atomic E-state index is 14.0. The van der Waals surface area contributed by atoms with Gasteiger partial charge < -0.3 is 24.1 Å². The van der Waals surface area contributed by atoms with E-state index in [1.54, 1.807) is 0 Å². The number of rotatable bonds is 6. The lowest BCUT2D eigenvalue weighted by Gasteiger charge is -2.45. The summed E-state index contributed by atoms with van der Waals surface area (Å²) in [6.07, 6.45) is 14.2. The molecule has 1 atom stereocenters. The number of hydrogen-bond acceptors (Lipinski definition) is 4. The minimum atomic E-state index is -0.928. The van der Waals surface area contributed by atoms with E-state index in [0.29, 0.717) is 18.8 Å². The highest BCUT2D eigenvalue weighted by Gasteiger charge is 2.48. The summed E-state index contributed by atoms with van der Waals surface area (Å²) >= 11 is 0. The zero-order chi connectivity index (χ0) is 25.1. The molecule has 0 bridgehead atoms. The molecule has 1 aliphatic carbocycles. The standard InChI is InChI=1S/C29H44N4O3/c1-22-19-24-26(36-22)20-25-27(34)33(18-12-17-31-15-10-6-7-11-16-31)29(2,21-32(24)25)28(35)30-23-13-8-4-3-5-9-14-23/h19-20,23H,3-18,21H2,1-2H3,(H,30,35)/t29-/m0/s1. The molecule has 1 N–H and O–H groups in total. The quantitative estimate of drug-likeness (QED) is 0.593. The third-order valence-electron chi connectivity index (χ3n) is 8.72. The van der Waals surface area contributed by atoms with E-state index in [1.165, 1.54) is 44.9 Å². The van der Waals surface area contributed by atoms with Gasteiger partial charge in [-0.15, -0.1) is 0 Å². The van der Waals surface area contributed by atoms with Crippen LogP contribution in [0.1, 0.15) is 100 Å². The molecule has 0 unspecified atom stereocenters. The molecular formula is C29H44N4O3. The second-order valence-corrected chi connectivity index (χ2v) is 11.6. The molecule has 2 amide bonds. The van der Waals surface area contributed by atoms with Crippen molar-refractivity contribution in [2.45, 2.75) is 109 Å². The molecule has 2 aromatic heterocycles. The van der Waals surface area contributed by atoms with Gasteiger partial charge in [0.25, 0.3) is 5.91 Å². The Balaban J connectivity index is 1.37. The van der Waals surface area contributed by atoms with E-state index >= 15 is 0 Å². The fourth-order valence-electron chi connectivity index (χ4n) is 6.56. The van der Waals surface area contributed by atoms with Gasteiger partial charge in [-0.2, -0.15) is 0 Å². The van der Waals surface area contributed by atoms with Gasteiger partial charge in [-0.25, -0.2) is 0 Å². The number of nitrogens with one attached hydrogen (secondary N) is 1. The first-order valence-electron chi connectivity index (χ1n) is 14.4. The van der Waals surface area contributed by atoms with Crippen molar-refractivity contribution >= 4 is 22.9 Å². The van der Waals surface area contributed by atoms with Gasteiger partial charge in [0.2, 0.25) is 5.91 Å². The second kappa shape index (κ2) is 11.0. The van der Waals surface area contributed by atoms with Gasteiger partial charge in [0, 0.05) is 24.7 Å². The van der Waals surface area contributed by atoms with Crippen LogP contribution in [0.3, 0.4) is 0 Å². The van der Waals surface area contributed by atoms with Crippen molar-refractivity contribution in [2.24, 2.45) is 0 Å². The largest absolute Gasteiger partial charge is 0.460 e. The topological polar surface area (TPSA) is 70.7 Å². The van der Waals surface area contributed by atoms with Gasteiger partial charge >= 0.3 is 0 Å². The minimum Gasteiger partial charge on any atom is -0.460 e. The molecule has 1 saturated carbocycles. The van der Waals surface area contributed by atoms with E-state index in [1.807, 2.05) is 35.4 Å². The number of amides is 2. The fourth-order valence-corrected chi connectivity index (χ4v) is 6.56. The van der Waals surface area contributed by atoms with E-state index in [9.17, 15) is 9.59 Å². The van der Waals surface area contributed by atoms with Crippen LogP contribution in [0.4, 0.5) is 0 Å². The summed E-state index contributed by atoms with van der Waals surface area (Å²) in [6, 6.07) is 4.04. The Bertz CT molecular complexity index is 1060. The van der Waals surface area contributed by atoms with E-state index in [2.05, 4.69) is 10.2 Å². The first kappa shape index (κ1) is 25.4. The van der Waals surface area contributed by atoms with Crippen LogP contribution < -0.4 is 5.32 Å². The number of aromatic nitrogens is 1. The van der Waals surface area contributed by atoms with Gasteiger partial charge in [-0.3, -0.25) is 9.59 Å². The van der Waals surface area contributed by atoms with Crippen LogP contribution in [0.2, 0.25) is 0 Å². The van der Waals surface area contributed by atoms with Gasteiger partial charge in [0.05, 0.1) is 12.1 Å². The molecule has 2 aromatic rings. The van der Waals surface area contributed by atoms with Crippen LogP contribution in [0, 0.1) is 6.92 Å². The number of hydrogen-bond donors (Lipinski definition) is 1. The number of likely N-dealkylation sites (tertiary alicyclic amines) is 1. The molecule has 0 aromatic carbocycles. The van der Waals surface area contributed by atoms with Crippen molar-refractivity contribution < 1.29 is 14.0 Å². The Morgan fingerprint density at radius 3 is 2.39 bits per heavy atom. The average Bonchev–Trinajstić information content (AvgIpc) is 3.22. The SMILES string of the molecule is Cc1cc2c(cc3n2C[C@@](C)(C(=O)NC2CCCCCCC2)N(CCCN2CCCCCC2)C3=O)o1. The van der Waals surface area contributed by atoms with Crippen LogP contribution in [-0.2, 0) is 11.3 Å². The van der Waals surface area contributed by atoms with Crippen molar-refractivity contribution in [1.29, 1.82) is 0 Å². The van der Waals surface area contributed by atoms with Crippen LogP contribution >= 0.6 is 0 Å². The molecule has 2 fully saturated rings. The summed E-state index contributed by atoms with van der Waals surface area (Å²) in [4.78, 5) is 32.3. The number of carbonyl (C=O) groups excluding carboxylic acids is 2. The molecule has 1 saturated heterocycles. The normalized spacial score (nSPS) is 24.8.